The van der Waals surface area contributed by atoms with Gasteiger partial charge in [-0.3, -0.25) is 0 Å². The second-order valence-electron chi connectivity index (χ2n) is 5.67. The van der Waals surface area contributed by atoms with Crippen LogP contribution in [0.3, 0.4) is 0 Å². The summed E-state index contributed by atoms with van der Waals surface area (Å²) in [5, 5.41) is 9.98. The first-order valence-electron chi connectivity index (χ1n) is 7.24. The predicted molar refractivity (Wildman–Crippen MR) is 86.5 cm³/mol. The van der Waals surface area contributed by atoms with Crippen molar-refractivity contribution in [3.8, 4) is 28.0 Å². The molecule has 0 bridgehead atoms. The highest BCUT2D eigenvalue weighted by molar-refractivity contribution is 5.85. The maximum Gasteiger partial charge on any atom is 0.119 e. The van der Waals surface area contributed by atoms with Crippen molar-refractivity contribution in [3.05, 3.63) is 77.4 Å². The number of aryl methyl sites for hydroxylation is 1. The second kappa shape index (κ2) is 4.49. The normalized spacial score (nSPS) is 12.0. The molecule has 21 heavy (non-hydrogen) atoms. The average molecular weight is 272 g/mol. The van der Waals surface area contributed by atoms with Gasteiger partial charge in [-0.15, -0.1) is 0 Å². The van der Waals surface area contributed by atoms with E-state index >= 15 is 0 Å². The minimum absolute atomic E-state index is 0.362. The van der Waals surface area contributed by atoms with Crippen LogP contribution in [0.5, 0.6) is 5.75 Å². The molecule has 0 heterocycles. The molecule has 1 N–H and O–H groups in total. The first-order valence-corrected chi connectivity index (χ1v) is 7.24. The highest BCUT2D eigenvalue weighted by atomic mass is 16.3. The lowest BCUT2D eigenvalue weighted by Crippen LogP contribution is -1.88. The molecule has 0 saturated carbocycles. The van der Waals surface area contributed by atoms with Gasteiger partial charge in [-0.1, -0.05) is 54.6 Å². The molecule has 1 nitrogen and oxygen atoms in total. The largest absolute Gasteiger partial charge is 0.508 e. The van der Waals surface area contributed by atoms with Gasteiger partial charge >= 0.3 is 0 Å². The van der Waals surface area contributed by atoms with Crippen molar-refractivity contribution in [1.29, 1.82) is 0 Å². The van der Waals surface area contributed by atoms with Gasteiger partial charge in [0.25, 0.3) is 0 Å². The summed E-state index contributed by atoms with van der Waals surface area (Å²) in [6, 6.07) is 21.0. The lowest BCUT2D eigenvalue weighted by molar-refractivity contribution is 0.471. The molecule has 0 fully saturated rings. The fraction of sp³-hybridized carbons (Fsp3) is 0.100. The third-order valence-corrected chi connectivity index (χ3v) is 4.37. The SMILES string of the molecule is Cc1ccc(-c2cccc3c2Cc2ccccc2-3)cc1O. The lowest BCUT2D eigenvalue weighted by Gasteiger charge is -2.10. The van der Waals surface area contributed by atoms with Gasteiger partial charge < -0.3 is 5.11 Å². The molecule has 0 radical (unpaired) electrons. The third kappa shape index (κ3) is 1.85. The molecule has 0 atom stereocenters. The van der Waals surface area contributed by atoms with Crippen molar-refractivity contribution in [1.82, 2.24) is 0 Å². The summed E-state index contributed by atoms with van der Waals surface area (Å²) in [5.74, 6) is 0.362. The summed E-state index contributed by atoms with van der Waals surface area (Å²) in [7, 11) is 0. The molecule has 4 rings (SSSR count). The van der Waals surface area contributed by atoms with Crippen molar-refractivity contribution >= 4 is 0 Å². The minimum atomic E-state index is 0.362. The maximum atomic E-state index is 9.98. The Labute approximate surface area is 124 Å². The van der Waals surface area contributed by atoms with Crippen molar-refractivity contribution in [2.24, 2.45) is 0 Å². The molecule has 0 saturated heterocycles. The lowest BCUT2D eigenvalue weighted by atomic mass is 9.95. The number of aromatic hydroxyl groups is 1. The molecule has 0 unspecified atom stereocenters. The van der Waals surface area contributed by atoms with Gasteiger partial charge in [0.05, 0.1) is 0 Å². The van der Waals surface area contributed by atoms with Crippen LogP contribution in [0.1, 0.15) is 16.7 Å². The van der Waals surface area contributed by atoms with E-state index in [0.717, 1.165) is 17.5 Å². The molecule has 0 amide bonds. The zero-order valence-corrected chi connectivity index (χ0v) is 11.9. The van der Waals surface area contributed by atoms with Gasteiger partial charge in [0, 0.05) is 0 Å². The summed E-state index contributed by atoms with van der Waals surface area (Å²) in [5.41, 5.74) is 8.63. The molecule has 0 spiro atoms. The smallest absolute Gasteiger partial charge is 0.119 e. The Kier molecular flexibility index (Phi) is 2.61. The number of fused-ring (bicyclic) bond motifs is 3. The predicted octanol–water partition coefficient (Wildman–Crippen LogP) is 4.94. The Balaban J connectivity index is 1.92. The number of phenols is 1. The Morgan fingerprint density at radius 2 is 1.57 bits per heavy atom. The molecule has 3 aromatic rings. The first kappa shape index (κ1) is 12.2. The molecule has 1 aliphatic rings. The van der Waals surface area contributed by atoms with Crippen LogP contribution in [0.15, 0.2) is 60.7 Å². The van der Waals surface area contributed by atoms with E-state index in [-0.39, 0.29) is 0 Å². The average Bonchev–Trinajstić information content (AvgIpc) is 2.89. The molecule has 0 aromatic heterocycles. The highest BCUT2D eigenvalue weighted by Crippen LogP contribution is 2.41. The summed E-state index contributed by atoms with van der Waals surface area (Å²) >= 11 is 0. The van der Waals surface area contributed by atoms with Crippen LogP contribution in [-0.4, -0.2) is 5.11 Å². The molecule has 1 heteroatoms. The van der Waals surface area contributed by atoms with Crippen LogP contribution in [-0.2, 0) is 6.42 Å². The van der Waals surface area contributed by atoms with Crippen LogP contribution in [0.4, 0.5) is 0 Å². The Morgan fingerprint density at radius 1 is 0.810 bits per heavy atom. The van der Waals surface area contributed by atoms with Crippen molar-refractivity contribution in [2.75, 3.05) is 0 Å². The summed E-state index contributed by atoms with van der Waals surface area (Å²) in [6.45, 7) is 1.92. The Morgan fingerprint density at radius 3 is 2.43 bits per heavy atom. The fourth-order valence-electron chi connectivity index (χ4n) is 3.20. The Hall–Kier alpha value is -2.54. The number of hydrogen-bond acceptors (Lipinski definition) is 1. The quantitative estimate of drug-likeness (QED) is 0.520. The van der Waals surface area contributed by atoms with Crippen LogP contribution < -0.4 is 0 Å². The van der Waals surface area contributed by atoms with E-state index in [9.17, 15) is 5.11 Å². The highest BCUT2D eigenvalue weighted by Gasteiger charge is 2.21. The van der Waals surface area contributed by atoms with Gasteiger partial charge in [0.1, 0.15) is 5.75 Å². The summed E-state index contributed by atoms with van der Waals surface area (Å²) in [6.07, 6.45) is 0.969. The van der Waals surface area contributed by atoms with Crippen molar-refractivity contribution in [3.63, 3.8) is 0 Å². The number of benzene rings is 3. The molecule has 102 valence electrons. The van der Waals surface area contributed by atoms with E-state index in [4.69, 9.17) is 0 Å². The van der Waals surface area contributed by atoms with Gasteiger partial charge in [-0.05, 0) is 58.4 Å². The zero-order chi connectivity index (χ0) is 14.4. The summed E-state index contributed by atoms with van der Waals surface area (Å²) < 4.78 is 0. The van der Waals surface area contributed by atoms with Crippen LogP contribution >= 0.6 is 0 Å². The molecule has 0 aliphatic heterocycles. The standard InChI is InChI=1S/C20H16O/c1-13-9-10-15(12-20(13)21)17-7-4-8-18-16-6-3-2-5-14(16)11-19(17)18/h2-10,12,21H,11H2,1H3. The molecule has 1 aliphatic carbocycles. The van der Waals surface area contributed by atoms with E-state index in [1.807, 2.05) is 19.1 Å². The topological polar surface area (TPSA) is 20.2 Å². The minimum Gasteiger partial charge on any atom is -0.508 e. The summed E-state index contributed by atoms with van der Waals surface area (Å²) in [4.78, 5) is 0. The van der Waals surface area contributed by atoms with Crippen LogP contribution in [0.25, 0.3) is 22.3 Å². The maximum absolute atomic E-state index is 9.98. The van der Waals surface area contributed by atoms with Crippen molar-refractivity contribution < 1.29 is 5.11 Å². The second-order valence-corrected chi connectivity index (χ2v) is 5.67. The third-order valence-electron chi connectivity index (χ3n) is 4.37. The zero-order valence-electron chi connectivity index (χ0n) is 11.9. The van der Waals surface area contributed by atoms with Crippen molar-refractivity contribution in [2.45, 2.75) is 13.3 Å². The van der Waals surface area contributed by atoms with Gasteiger partial charge in [0.2, 0.25) is 0 Å². The Bertz CT molecular complexity index is 846. The van der Waals surface area contributed by atoms with E-state index < -0.39 is 0 Å². The van der Waals surface area contributed by atoms with E-state index in [1.165, 1.54) is 27.8 Å². The molecular formula is C20H16O. The van der Waals surface area contributed by atoms with Crippen LogP contribution in [0.2, 0.25) is 0 Å². The fourth-order valence-corrected chi connectivity index (χ4v) is 3.20. The van der Waals surface area contributed by atoms with Crippen LogP contribution in [0, 0.1) is 6.92 Å². The molecular weight excluding hydrogens is 256 g/mol. The number of phenolic OH excluding ortho intramolecular Hbond substituents is 1. The van der Waals surface area contributed by atoms with Gasteiger partial charge in [0.15, 0.2) is 0 Å². The first-order chi connectivity index (χ1) is 10.2. The van der Waals surface area contributed by atoms with E-state index in [2.05, 4.69) is 48.5 Å². The molecule has 3 aromatic carbocycles. The van der Waals surface area contributed by atoms with Gasteiger partial charge in [-0.25, -0.2) is 0 Å². The van der Waals surface area contributed by atoms with Gasteiger partial charge in [-0.2, -0.15) is 0 Å². The van der Waals surface area contributed by atoms with E-state index in [1.54, 1.807) is 0 Å². The monoisotopic (exact) mass is 272 g/mol. The number of rotatable bonds is 1. The number of hydrogen-bond donors (Lipinski definition) is 1. The van der Waals surface area contributed by atoms with E-state index in [0.29, 0.717) is 5.75 Å².